The molecule has 0 saturated carbocycles. The number of hydrazone groups is 1. The lowest BCUT2D eigenvalue weighted by Gasteiger charge is -2.10. The number of aromatic nitrogens is 1. The first-order valence-electron chi connectivity index (χ1n) is 11.7. The Hall–Kier alpha value is -4.01. The Morgan fingerprint density at radius 1 is 1.00 bits per heavy atom. The third-order valence-electron chi connectivity index (χ3n) is 5.82. The van der Waals surface area contributed by atoms with E-state index in [0.717, 1.165) is 15.7 Å². The van der Waals surface area contributed by atoms with Crippen LogP contribution in [0.5, 0.6) is 5.75 Å². The number of hydrogen-bond donors (Lipinski definition) is 1. The fourth-order valence-electron chi connectivity index (χ4n) is 3.94. The molecule has 0 radical (unpaired) electrons. The molecule has 0 unspecified atom stereocenters. The third kappa shape index (κ3) is 5.77. The van der Waals surface area contributed by atoms with Crippen LogP contribution in [0.2, 0.25) is 5.02 Å². The summed E-state index contributed by atoms with van der Waals surface area (Å²) < 4.78 is 20.2. The summed E-state index contributed by atoms with van der Waals surface area (Å²) in [5.74, 6) is 1.96. The lowest BCUT2D eigenvalue weighted by molar-refractivity contribution is 0.0923. The summed E-state index contributed by atoms with van der Waals surface area (Å²) in [5, 5.41) is 4.54. The van der Waals surface area contributed by atoms with Gasteiger partial charge in [-0.2, -0.15) is 5.10 Å². The number of nitrogens with one attached hydrogen (secondary N) is 1. The van der Waals surface area contributed by atoms with Gasteiger partial charge in [-0.05, 0) is 103 Å². The van der Waals surface area contributed by atoms with Gasteiger partial charge in [0.15, 0.2) is 5.76 Å². The topological polar surface area (TPSA) is 81.9 Å². The summed E-state index contributed by atoms with van der Waals surface area (Å²) in [6.45, 7) is 4.33. The maximum atomic E-state index is 12.4. The quantitative estimate of drug-likeness (QED) is 0.148. The number of nitrogens with zero attached hydrogens (tertiary/aromatic N) is 2. The molecular weight excluding hydrogens is 570 g/mol. The van der Waals surface area contributed by atoms with Crippen molar-refractivity contribution >= 4 is 39.7 Å². The van der Waals surface area contributed by atoms with Gasteiger partial charge < -0.3 is 18.1 Å². The predicted molar refractivity (Wildman–Crippen MR) is 150 cm³/mol. The molecule has 5 aromatic rings. The molecule has 1 amide bonds. The molecule has 9 heteroatoms. The van der Waals surface area contributed by atoms with E-state index in [1.165, 1.54) is 17.6 Å². The second-order valence-electron chi connectivity index (χ2n) is 8.53. The van der Waals surface area contributed by atoms with Crippen molar-refractivity contribution < 1.29 is 18.4 Å². The Balaban J connectivity index is 1.14. The molecule has 0 saturated heterocycles. The van der Waals surface area contributed by atoms with Gasteiger partial charge in [-0.15, -0.1) is 0 Å². The standard InChI is InChI=1S/C29H23BrClN3O4/c1-18-3-4-19(2)34(18)21-6-8-22(9-7-21)36-17-24-11-14-28(38-24)29(35)33-32-16-23-10-13-27(37-23)20-5-12-25(30)26(31)15-20/h3-16H,17H2,1-2H3,(H,33,35)/b32-16+. The molecule has 3 aromatic heterocycles. The number of amides is 1. The van der Waals surface area contributed by atoms with Gasteiger partial charge in [0, 0.05) is 27.1 Å². The first kappa shape index (κ1) is 25.6. The van der Waals surface area contributed by atoms with Gasteiger partial charge in [0.25, 0.3) is 0 Å². The predicted octanol–water partition coefficient (Wildman–Crippen LogP) is 7.71. The zero-order chi connectivity index (χ0) is 26.6. The van der Waals surface area contributed by atoms with Crippen molar-refractivity contribution in [1.29, 1.82) is 0 Å². The van der Waals surface area contributed by atoms with Crippen molar-refractivity contribution in [2.45, 2.75) is 20.5 Å². The average Bonchev–Trinajstić information content (AvgIpc) is 3.66. The summed E-state index contributed by atoms with van der Waals surface area (Å²) in [6.07, 6.45) is 1.41. The molecule has 7 nitrogen and oxygen atoms in total. The number of ether oxygens (including phenoxy) is 1. The molecule has 38 heavy (non-hydrogen) atoms. The smallest absolute Gasteiger partial charge is 0.307 e. The molecule has 0 bridgehead atoms. The van der Waals surface area contributed by atoms with Crippen LogP contribution in [0, 0.1) is 13.8 Å². The Morgan fingerprint density at radius 3 is 2.50 bits per heavy atom. The maximum Gasteiger partial charge on any atom is 0.307 e. The second-order valence-corrected chi connectivity index (χ2v) is 9.79. The molecule has 0 aliphatic heterocycles. The van der Waals surface area contributed by atoms with Crippen LogP contribution in [-0.4, -0.2) is 16.7 Å². The normalized spacial score (nSPS) is 11.3. The number of halogens is 2. The molecule has 192 valence electrons. The number of hydrogen-bond acceptors (Lipinski definition) is 5. The first-order chi connectivity index (χ1) is 18.4. The number of carbonyl (C=O) groups is 1. The van der Waals surface area contributed by atoms with Crippen molar-refractivity contribution in [3.63, 3.8) is 0 Å². The number of furan rings is 2. The SMILES string of the molecule is Cc1ccc(C)n1-c1ccc(OCc2ccc(C(=O)N/N=C/c3ccc(-c4ccc(Br)c(Cl)c4)o3)o2)cc1. The summed E-state index contributed by atoms with van der Waals surface area (Å²) in [4.78, 5) is 12.4. The average molecular weight is 593 g/mol. The molecule has 0 spiro atoms. The van der Waals surface area contributed by atoms with Crippen molar-refractivity contribution in [3.05, 3.63) is 117 Å². The molecule has 3 heterocycles. The number of aryl methyl sites for hydroxylation is 2. The van der Waals surface area contributed by atoms with Crippen LogP contribution in [0.1, 0.15) is 33.5 Å². The van der Waals surface area contributed by atoms with E-state index in [1.54, 1.807) is 30.3 Å². The molecule has 1 N–H and O–H groups in total. The first-order valence-corrected chi connectivity index (χ1v) is 12.9. The second kappa shape index (κ2) is 11.2. The molecule has 2 aromatic carbocycles. The van der Waals surface area contributed by atoms with Crippen LogP contribution >= 0.6 is 27.5 Å². The van der Waals surface area contributed by atoms with Crippen LogP contribution in [-0.2, 0) is 6.61 Å². The van der Waals surface area contributed by atoms with E-state index in [2.05, 4.69) is 57.0 Å². The van der Waals surface area contributed by atoms with Gasteiger partial charge in [-0.3, -0.25) is 4.79 Å². The molecule has 0 atom stereocenters. The number of carbonyl (C=O) groups excluding carboxylic acids is 1. The summed E-state index contributed by atoms with van der Waals surface area (Å²) in [6, 6.07) is 24.4. The minimum absolute atomic E-state index is 0.124. The Bertz CT molecular complexity index is 1600. The van der Waals surface area contributed by atoms with Crippen LogP contribution in [0.15, 0.2) is 97.3 Å². The van der Waals surface area contributed by atoms with E-state index in [0.29, 0.717) is 28.1 Å². The van der Waals surface area contributed by atoms with E-state index < -0.39 is 5.91 Å². The number of benzene rings is 2. The monoisotopic (exact) mass is 591 g/mol. The molecular formula is C29H23BrClN3O4. The van der Waals surface area contributed by atoms with E-state index >= 15 is 0 Å². The minimum Gasteiger partial charge on any atom is -0.486 e. The molecule has 5 rings (SSSR count). The van der Waals surface area contributed by atoms with E-state index in [-0.39, 0.29) is 12.4 Å². The van der Waals surface area contributed by atoms with Gasteiger partial charge in [-0.1, -0.05) is 17.7 Å². The highest BCUT2D eigenvalue weighted by molar-refractivity contribution is 9.10. The van der Waals surface area contributed by atoms with Gasteiger partial charge in [0.2, 0.25) is 0 Å². The summed E-state index contributed by atoms with van der Waals surface area (Å²) >= 11 is 9.52. The van der Waals surface area contributed by atoms with Crippen LogP contribution < -0.4 is 10.2 Å². The highest BCUT2D eigenvalue weighted by Gasteiger charge is 2.12. The molecule has 0 aliphatic rings. The van der Waals surface area contributed by atoms with E-state index in [9.17, 15) is 4.79 Å². The summed E-state index contributed by atoms with van der Waals surface area (Å²) in [5.41, 5.74) is 6.67. The Morgan fingerprint density at radius 2 is 1.76 bits per heavy atom. The zero-order valence-electron chi connectivity index (χ0n) is 20.6. The lowest BCUT2D eigenvalue weighted by Crippen LogP contribution is -2.16. The number of rotatable bonds is 8. The van der Waals surface area contributed by atoms with Crippen molar-refractivity contribution in [1.82, 2.24) is 9.99 Å². The largest absolute Gasteiger partial charge is 0.486 e. The van der Waals surface area contributed by atoms with Crippen LogP contribution in [0.25, 0.3) is 17.0 Å². The van der Waals surface area contributed by atoms with Crippen molar-refractivity contribution in [2.24, 2.45) is 5.10 Å². The lowest BCUT2D eigenvalue weighted by atomic mass is 10.2. The highest BCUT2D eigenvalue weighted by atomic mass is 79.9. The van der Waals surface area contributed by atoms with Crippen molar-refractivity contribution in [2.75, 3.05) is 0 Å². The Kier molecular flexibility index (Phi) is 7.53. The van der Waals surface area contributed by atoms with E-state index in [1.807, 2.05) is 36.4 Å². The Labute approximate surface area is 232 Å². The zero-order valence-corrected chi connectivity index (χ0v) is 22.9. The summed E-state index contributed by atoms with van der Waals surface area (Å²) in [7, 11) is 0. The molecule has 0 fully saturated rings. The van der Waals surface area contributed by atoms with Crippen LogP contribution in [0.3, 0.4) is 0 Å². The van der Waals surface area contributed by atoms with E-state index in [4.69, 9.17) is 25.2 Å². The minimum atomic E-state index is -0.485. The fraction of sp³-hybridized carbons (Fsp3) is 0.103. The highest BCUT2D eigenvalue weighted by Crippen LogP contribution is 2.29. The molecule has 0 aliphatic carbocycles. The van der Waals surface area contributed by atoms with Gasteiger partial charge in [-0.25, -0.2) is 5.43 Å². The van der Waals surface area contributed by atoms with Crippen molar-refractivity contribution in [3.8, 4) is 22.8 Å². The van der Waals surface area contributed by atoms with Gasteiger partial charge >= 0.3 is 5.91 Å². The maximum absolute atomic E-state index is 12.4. The van der Waals surface area contributed by atoms with Gasteiger partial charge in [0.05, 0.1) is 11.2 Å². The fourth-order valence-corrected chi connectivity index (χ4v) is 4.36. The third-order valence-corrected chi connectivity index (χ3v) is 7.05. The van der Waals surface area contributed by atoms with Crippen LogP contribution in [0.4, 0.5) is 0 Å². The van der Waals surface area contributed by atoms with Gasteiger partial charge in [0.1, 0.15) is 29.6 Å².